The highest BCUT2D eigenvalue weighted by Crippen LogP contribution is 2.25. The second kappa shape index (κ2) is 10.3. The van der Waals surface area contributed by atoms with Crippen molar-refractivity contribution in [2.24, 2.45) is 5.73 Å². The molecule has 0 aliphatic carbocycles. The van der Waals surface area contributed by atoms with E-state index >= 15 is 0 Å². The summed E-state index contributed by atoms with van der Waals surface area (Å²) in [6, 6.07) is 14.2. The van der Waals surface area contributed by atoms with Crippen LogP contribution in [0.5, 0.6) is 11.5 Å². The number of halogens is 1. The van der Waals surface area contributed by atoms with Crippen molar-refractivity contribution in [3.8, 4) is 11.5 Å². The first-order valence-corrected chi connectivity index (χ1v) is 10.3. The lowest BCUT2D eigenvalue weighted by atomic mass is 10.1. The standard InChI is InChI=1S/C19H24N2O4S.ClH/c1-14-7-9-16(10-8-14)25-18-6-4-3-5-15(18)13-21-19(22)17(20)11-12-26(2,23)24;/h3-10,17H,11-13,20H2,1-2H3,(H,21,22);1H. The summed E-state index contributed by atoms with van der Waals surface area (Å²) in [5, 5.41) is 2.73. The predicted octanol–water partition coefficient (Wildman–Crippen LogP) is 2.59. The minimum absolute atomic E-state index is 0. The van der Waals surface area contributed by atoms with Gasteiger partial charge in [0.05, 0.1) is 11.8 Å². The molecule has 1 atom stereocenters. The van der Waals surface area contributed by atoms with E-state index in [-0.39, 0.29) is 31.1 Å². The molecule has 0 saturated carbocycles. The molecule has 0 saturated heterocycles. The number of para-hydroxylation sites is 1. The Labute approximate surface area is 166 Å². The lowest BCUT2D eigenvalue weighted by Gasteiger charge is -2.14. The molecule has 0 bridgehead atoms. The third-order valence-corrected chi connectivity index (χ3v) is 4.79. The van der Waals surface area contributed by atoms with Gasteiger partial charge in [-0.2, -0.15) is 0 Å². The van der Waals surface area contributed by atoms with Crippen molar-refractivity contribution >= 4 is 28.2 Å². The Bertz CT molecular complexity index is 854. The predicted molar refractivity (Wildman–Crippen MR) is 109 cm³/mol. The quantitative estimate of drug-likeness (QED) is 0.694. The molecule has 1 unspecified atom stereocenters. The van der Waals surface area contributed by atoms with Crippen molar-refractivity contribution in [2.75, 3.05) is 12.0 Å². The number of benzene rings is 2. The normalized spacial score (nSPS) is 12.0. The third kappa shape index (κ3) is 7.99. The molecule has 0 heterocycles. The molecule has 0 fully saturated rings. The first-order valence-electron chi connectivity index (χ1n) is 8.28. The number of rotatable bonds is 8. The van der Waals surface area contributed by atoms with Gasteiger partial charge in [0.25, 0.3) is 0 Å². The summed E-state index contributed by atoms with van der Waals surface area (Å²) in [7, 11) is -3.14. The van der Waals surface area contributed by atoms with Crippen molar-refractivity contribution in [1.82, 2.24) is 5.32 Å². The number of sulfone groups is 1. The Hall–Kier alpha value is -2.09. The van der Waals surface area contributed by atoms with Crippen molar-refractivity contribution in [3.05, 3.63) is 59.7 Å². The molecule has 1 amide bonds. The summed E-state index contributed by atoms with van der Waals surface area (Å²) in [6.45, 7) is 2.24. The number of amides is 1. The second-order valence-electron chi connectivity index (χ2n) is 6.27. The molecular weight excluding hydrogens is 388 g/mol. The fourth-order valence-electron chi connectivity index (χ4n) is 2.27. The Morgan fingerprint density at radius 2 is 1.78 bits per heavy atom. The zero-order valence-corrected chi connectivity index (χ0v) is 17.0. The number of carbonyl (C=O) groups is 1. The molecule has 0 radical (unpaired) electrons. The minimum Gasteiger partial charge on any atom is -0.457 e. The summed E-state index contributed by atoms with van der Waals surface area (Å²) in [6.07, 6.45) is 1.21. The van der Waals surface area contributed by atoms with Gasteiger partial charge in [0.2, 0.25) is 5.91 Å². The molecule has 0 spiro atoms. The van der Waals surface area contributed by atoms with Crippen LogP contribution in [0.1, 0.15) is 17.5 Å². The van der Waals surface area contributed by atoms with Crippen molar-refractivity contribution in [2.45, 2.75) is 25.9 Å². The van der Waals surface area contributed by atoms with E-state index in [1.54, 1.807) is 0 Å². The molecular formula is C19H25ClN2O4S. The largest absolute Gasteiger partial charge is 0.457 e. The molecule has 0 aliphatic heterocycles. The van der Waals surface area contributed by atoms with E-state index in [0.717, 1.165) is 17.4 Å². The molecule has 2 rings (SSSR count). The summed E-state index contributed by atoms with van der Waals surface area (Å²) in [4.78, 5) is 12.1. The van der Waals surface area contributed by atoms with E-state index < -0.39 is 21.8 Å². The van der Waals surface area contributed by atoms with Gasteiger partial charge >= 0.3 is 0 Å². The van der Waals surface area contributed by atoms with E-state index in [2.05, 4.69) is 5.32 Å². The van der Waals surface area contributed by atoms with E-state index in [4.69, 9.17) is 10.5 Å². The van der Waals surface area contributed by atoms with Gasteiger partial charge in [0.1, 0.15) is 21.3 Å². The molecule has 148 valence electrons. The zero-order chi connectivity index (χ0) is 19.2. The van der Waals surface area contributed by atoms with Gasteiger partial charge in [0.15, 0.2) is 0 Å². The van der Waals surface area contributed by atoms with Crippen molar-refractivity contribution < 1.29 is 17.9 Å². The lowest BCUT2D eigenvalue weighted by Crippen LogP contribution is -2.41. The summed E-state index contributed by atoms with van der Waals surface area (Å²) >= 11 is 0. The van der Waals surface area contributed by atoms with Crippen molar-refractivity contribution in [3.63, 3.8) is 0 Å². The van der Waals surface area contributed by atoms with Crippen LogP contribution in [-0.4, -0.2) is 32.4 Å². The van der Waals surface area contributed by atoms with Crippen LogP contribution in [0.25, 0.3) is 0 Å². The molecule has 27 heavy (non-hydrogen) atoms. The average molecular weight is 413 g/mol. The maximum atomic E-state index is 12.1. The van der Waals surface area contributed by atoms with E-state index in [9.17, 15) is 13.2 Å². The molecule has 6 nitrogen and oxygen atoms in total. The Morgan fingerprint density at radius 1 is 1.15 bits per heavy atom. The average Bonchev–Trinajstić information content (AvgIpc) is 2.60. The third-order valence-electron chi connectivity index (χ3n) is 3.81. The number of aryl methyl sites for hydroxylation is 1. The first-order chi connectivity index (χ1) is 12.2. The SMILES string of the molecule is Cc1ccc(Oc2ccccc2CNC(=O)C(N)CCS(C)(=O)=O)cc1.Cl. The first kappa shape index (κ1) is 23.0. The monoisotopic (exact) mass is 412 g/mol. The van der Waals surface area contributed by atoms with Gasteiger partial charge in [0, 0.05) is 18.4 Å². The highest BCUT2D eigenvalue weighted by Gasteiger charge is 2.16. The fraction of sp³-hybridized carbons (Fsp3) is 0.316. The Balaban J connectivity index is 0.00000364. The molecule has 0 aromatic heterocycles. The molecule has 2 aromatic carbocycles. The molecule has 2 aromatic rings. The van der Waals surface area contributed by atoms with E-state index in [0.29, 0.717) is 11.5 Å². The van der Waals surface area contributed by atoms with Crippen LogP contribution in [-0.2, 0) is 21.2 Å². The number of hydrogen-bond acceptors (Lipinski definition) is 5. The van der Waals surface area contributed by atoms with Gasteiger partial charge in [-0.1, -0.05) is 35.9 Å². The van der Waals surface area contributed by atoms with Gasteiger partial charge < -0.3 is 15.8 Å². The van der Waals surface area contributed by atoms with Crippen LogP contribution >= 0.6 is 12.4 Å². The van der Waals surface area contributed by atoms with Crippen LogP contribution < -0.4 is 15.8 Å². The summed E-state index contributed by atoms with van der Waals surface area (Å²) < 4.78 is 28.2. The summed E-state index contributed by atoms with van der Waals surface area (Å²) in [5.41, 5.74) is 7.70. The van der Waals surface area contributed by atoms with E-state index in [1.807, 2.05) is 55.5 Å². The number of carbonyl (C=O) groups excluding carboxylic acids is 1. The highest BCUT2D eigenvalue weighted by atomic mass is 35.5. The maximum Gasteiger partial charge on any atom is 0.237 e. The van der Waals surface area contributed by atoms with Crippen LogP contribution in [0.3, 0.4) is 0 Å². The van der Waals surface area contributed by atoms with Crippen LogP contribution in [0.2, 0.25) is 0 Å². The van der Waals surface area contributed by atoms with E-state index in [1.165, 1.54) is 0 Å². The Kier molecular flexibility index (Phi) is 8.75. The van der Waals surface area contributed by atoms with Crippen LogP contribution in [0.4, 0.5) is 0 Å². The molecule has 8 heteroatoms. The molecule has 3 N–H and O–H groups in total. The van der Waals surface area contributed by atoms with Gasteiger partial charge in [-0.15, -0.1) is 12.4 Å². The lowest BCUT2D eigenvalue weighted by molar-refractivity contribution is -0.122. The zero-order valence-electron chi connectivity index (χ0n) is 15.3. The summed E-state index contributed by atoms with van der Waals surface area (Å²) in [5.74, 6) is 0.841. The molecule has 0 aliphatic rings. The number of nitrogens with one attached hydrogen (secondary N) is 1. The number of hydrogen-bond donors (Lipinski definition) is 2. The highest BCUT2D eigenvalue weighted by molar-refractivity contribution is 7.90. The number of ether oxygens (including phenoxy) is 1. The van der Waals surface area contributed by atoms with Gasteiger partial charge in [-0.3, -0.25) is 4.79 Å². The number of nitrogens with two attached hydrogens (primary N) is 1. The second-order valence-corrected chi connectivity index (χ2v) is 8.53. The minimum atomic E-state index is -3.14. The van der Waals surface area contributed by atoms with Gasteiger partial charge in [-0.25, -0.2) is 8.42 Å². The maximum absolute atomic E-state index is 12.1. The van der Waals surface area contributed by atoms with Crippen molar-refractivity contribution in [1.29, 1.82) is 0 Å². The topological polar surface area (TPSA) is 98.5 Å². The van der Waals surface area contributed by atoms with Gasteiger partial charge in [-0.05, 0) is 31.5 Å². The Morgan fingerprint density at radius 3 is 2.41 bits per heavy atom. The van der Waals surface area contributed by atoms with Crippen LogP contribution in [0, 0.1) is 6.92 Å². The smallest absolute Gasteiger partial charge is 0.237 e. The van der Waals surface area contributed by atoms with Crippen LogP contribution in [0.15, 0.2) is 48.5 Å². The fourth-order valence-corrected chi connectivity index (χ4v) is 2.95.